The zero-order valence-corrected chi connectivity index (χ0v) is 10.2. The topological polar surface area (TPSA) is 51.2 Å². The van der Waals surface area contributed by atoms with Crippen molar-refractivity contribution in [2.24, 2.45) is 0 Å². The van der Waals surface area contributed by atoms with Gasteiger partial charge in [0.05, 0.1) is 0 Å². The number of rotatable bonds is 2. The second-order valence-electron chi connectivity index (χ2n) is 3.14. The van der Waals surface area contributed by atoms with E-state index in [9.17, 15) is 18.0 Å². The van der Waals surface area contributed by atoms with Gasteiger partial charge in [-0.3, -0.25) is 5.32 Å². The molecule has 1 N–H and O–H groups in total. The lowest BCUT2D eigenvalue weighted by Gasteiger charge is -2.10. The third-order valence-electron chi connectivity index (χ3n) is 1.63. The normalized spacial score (nSPS) is 11.1. The lowest BCUT2D eigenvalue weighted by atomic mass is 10.3. The highest BCUT2D eigenvalue weighted by atomic mass is 79.9. The quantitative estimate of drug-likeness (QED) is 0.912. The Morgan fingerprint density at radius 3 is 2.76 bits per heavy atom. The van der Waals surface area contributed by atoms with E-state index in [1.165, 1.54) is 6.20 Å². The number of pyridine rings is 1. The second-order valence-corrected chi connectivity index (χ2v) is 4.05. The van der Waals surface area contributed by atoms with Gasteiger partial charge in [0, 0.05) is 10.7 Å². The van der Waals surface area contributed by atoms with Gasteiger partial charge in [-0.25, -0.2) is 9.78 Å². The Bertz CT molecular complexity index is 423. The molecule has 94 valence electrons. The van der Waals surface area contributed by atoms with E-state index in [-0.39, 0.29) is 5.82 Å². The second kappa shape index (κ2) is 5.35. The zero-order valence-electron chi connectivity index (χ0n) is 8.64. The predicted molar refractivity (Wildman–Crippen MR) is 57.7 cm³/mol. The van der Waals surface area contributed by atoms with Gasteiger partial charge in [-0.15, -0.1) is 0 Å². The lowest BCUT2D eigenvalue weighted by Crippen LogP contribution is -2.24. The zero-order chi connectivity index (χ0) is 13.1. The Balaban J connectivity index is 2.57. The fraction of sp³-hybridized carbons (Fsp3) is 0.333. The van der Waals surface area contributed by atoms with Crippen LogP contribution in [0.5, 0.6) is 0 Å². The predicted octanol–water partition coefficient (Wildman–Crippen LogP) is 3.26. The van der Waals surface area contributed by atoms with E-state index in [4.69, 9.17) is 0 Å². The van der Waals surface area contributed by atoms with Crippen molar-refractivity contribution in [3.05, 3.63) is 22.3 Å². The van der Waals surface area contributed by atoms with Gasteiger partial charge in [0.2, 0.25) is 0 Å². The van der Waals surface area contributed by atoms with Crippen LogP contribution in [-0.2, 0) is 4.74 Å². The maximum absolute atomic E-state index is 11.8. The molecule has 1 aromatic rings. The summed E-state index contributed by atoms with van der Waals surface area (Å²) in [4.78, 5) is 14.8. The number of alkyl halides is 3. The number of anilines is 1. The number of hydrogen-bond donors (Lipinski definition) is 1. The van der Waals surface area contributed by atoms with Gasteiger partial charge in [-0.2, -0.15) is 13.2 Å². The van der Waals surface area contributed by atoms with E-state index in [1.807, 2.05) is 0 Å². The molecule has 0 bridgehead atoms. The highest BCUT2D eigenvalue weighted by Crippen LogP contribution is 2.18. The molecule has 0 spiro atoms. The first-order valence-corrected chi connectivity index (χ1v) is 5.20. The summed E-state index contributed by atoms with van der Waals surface area (Å²) in [5, 5.41) is 2.12. The largest absolute Gasteiger partial charge is 0.440 e. The molecule has 0 aliphatic heterocycles. The minimum Gasteiger partial charge on any atom is -0.440 e. The summed E-state index contributed by atoms with van der Waals surface area (Å²) >= 11 is 3.16. The van der Waals surface area contributed by atoms with E-state index < -0.39 is 18.9 Å². The molecule has 1 rings (SSSR count). The van der Waals surface area contributed by atoms with Crippen LogP contribution in [-0.4, -0.2) is 23.9 Å². The molecule has 1 amide bonds. The summed E-state index contributed by atoms with van der Waals surface area (Å²) in [6.07, 6.45) is -4.33. The number of amides is 1. The monoisotopic (exact) mass is 312 g/mol. The molecule has 0 aromatic carbocycles. The number of aryl methyl sites for hydroxylation is 1. The molecule has 17 heavy (non-hydrogen) atoms. The van der Waals surface area contributed by atoms with E-state index in [2.05, 4.69) is 31.0 Å². The maximum Gasteiger partial charge on any atom is 0.422 e. The van der Waals surface area contributed by atoms with Crippen LogP contribution >= 0.6 is 15.9 Å². The van der Waals surface area contributed by atoms with Crippen molar-refractivity contribution >= 4 is 27.8 Å². The molecular weight excluding hydrogens is 305 g/mol. The van der Waals surface area contributed by atoms with Crippen LogP contribution < -0.4 is 5.32 Å². The Morgan fingerprint density at radius 1 is 1.59 bits per heavy atom. The SMILES string of the molecule is Cc1cc(Br)cnc1NC(=O)OCC(F)(F)F. The molecule has 4 nitrogen and oxygen atoms in total. The Hall–Kier alpha value is -1.31. The van der Waals surface area contributed by atoms with Gasteiger partial charge in [-0.05, 0) is 34.5 Å². The number of nitrogens with one attached hydrogen (secondary N) is 1. The fourth-order valence-corrected chi connectivity index (χ4v) is 1.40. The molecule has 0 atom stereocenters. The molecule has 1 heterocycles. The number of nitrogens with zero attached hydrogens (tertiary/aromatic N) is 1. The number of aromatic nitrogens is 1. The highest BCUT2D eigenvalue weighted by molar-refractivity contribution is 9.10. The average Bonchev–Trinajstić information content (AvgIpc) is 2.18. The van der Waals surface area contributed by atoms with E-state index in [0.29, 0.717) is 10.0 Å². The highest BCUT2D eigenvalue weighted by Gasteiger charge is 2.29. The number of carbonyl (C=O) groups excluding carboxylic acids is 1. The van der Waals surface area contributed by atoms with Crippen molar-refractivity contribution in [3.8, 4) is 0 Å². The minimum absolute atomic E-state index is 0.153. The van der Waals surface area contributed by atoms with E-state index in [0.717, 1.165) is 0 Å². The van der Waals surface area contributed by atoms with Crippen molar-refractivity contribution in [2.75, 3.05) is 11.9 Å². The van der Waals surface area contributed by atoms with Gasteiger partial charge in [0.25, 0.3) is 0 Å². The van der Waals surface area contributed by atoms with Crippen molar-refractivity contribution < 1.29 is 22.7 Å². The molecule has 0 saturated heterocycles. The van der Waals surface area contributed by atoms with Crippen LogP contribution in [0.2, 0.25) is 0 Å². The van der Waals surface area contributed by atoms with Gasteiger partial charge < -0.3 is 4.74 Å². The summed E-state index contributed by atoms with van der Waals surface area (Å²) in [5.74, 6) is 0.153. The summed E-state index contributed by atoms with van der Waals surface area (Å²) in [5.41, 5.74) is 0.600. The van der Waals surface area contributed by atoms with Crippen LogP contribution in [0.4, 0.5) is 23.8 Å². The maximum atomic E-state index is 11.8. The summed E-state index contributed by atoms with van der Waals surface area (Å²) in [6.45, 7) is 0.0194. The number of hydrogen-bond acceptors (Lipinski definition) is 3. The summed E-state index contributed by atoms with van der Waals surface area (Å²) in [7, 11) is 0. The molecule has 0 aliphatic carbocycles. The van der Waals surface area contributed by atoms with Crippen LogP contribution in [0.15, 0.2) is 16.7 Å². The number of carbonyl (C=O) groups is 1. The third-order valence-corrected chi connectivity index (χ3v) is 2.07. The van der Waals surface area contributed by atoms with Crippen LogP contribution in [0, 0.1) is 6.92 Å². The van der Waals surface area contributed by atoms with Gasteiger partial charge >= 0.3 is 12.3 Å². The average molecular weight is 313 g/mol. The number of ether oxygens (including phenoxy) is 1. The molecule has 0 saturated carbocycles. The first-order chi connectivity index (χ1) is 7.78. The van der Waals surface area contributed by atoms with E-state index >= 15 is 0 Å². The van der Waals surface area contributed by atoms with Crippen molar-refractivity contribution in [1.29, 1.82) is 0 Å². The fourth-order valence-electron chi connectivity index (χ4n) is 0.951. The molecule has 0 radical (unpaired) electrons. The standard InChI is InChI=1S/C9H8BrF3N2O2/c1-5-2-6(10)3-14-7(5)15-8(16)17-4-9(11,12)13/h2-3H,4H2,1H3,(H,14,15,16). The molecule has 0 unspecified atom stereocenters. The van der Waals surface area contributed by atoms with Gasteiger partial charge in [0.15, 0.2) is 6.61 Å². The Kier molecular flexibility index (Phi) is 4.33. The van der Waals surface area contributed by atoms with Crippen LogP contribution in [0.3, 0.4) is 0 Å². The van der Waals surface area contributed by atoms with Crippen molar-refractivity contribution in [3.63, 3.8) is 0 Å². The summed E-state index contributed by atoms with van der Waals surface area (Å²) in [6, 6.07) is 1.66. The summed E-state index contributed by atoms with van der Waals surface area (Å²) < 4.78 is 39.9. The smallest absolute Gasteiger partial charge is 0.422 e. The molecule has 8 heteroatoms. The molecule has 0 fully saturated rings. The number of halogens is 4. The van der Waals surface area contributed by atoms with Crippen molar-refractivity contribution in [1.82, 2.24) is 4.98 Å². The Labute approximate surface area is 103 Å². The minimum atomic E-state index is -4.54. The van der Waals surface area contributed by atoms with Crippen LogP contribution in [0.1, 0.15) is 5.56 Å². The molecular formula is C9H8BrF3N2O2. The van der Waals surface area contributed by atoms with Gasteiger partial charge in [-0.1, -0.05) is 0 Å². The molecule has 0 aliphatic rings. The molecule has 1 aromatic heterocycles. The van der Waals surface area contributed by atoms with E-state index in [1.54, 1.807) is 13.0 Å². The van der Waals surface area contributed by atoms with Gasteiger partial charge in [0.1, 0.15) is 5.82 Å². The lowest BCUT2D eigenvalue weighted by molar-refractivity contribution is -0.159. The van der Waals surface area contributed by atoms with Crippen LogP contribution in [0.25, 0.3) is 0 Å². The first kappa shape index (κ1) is 13.8. The third kappa shape index (κ3) is 5.03. The Morgan fingerprint density at radius 2 is 2.24 bits per heavy atom. The first-order valence-electron chi connectivity index (χ1n) is 4.40. The van der Waals surface area contributed by atoms with Crippen molar-refractivity contribution in [2.45, 2.75) is 13.1 Å².